The first-order valence-corrected chi connectivity index (χ1v) is 19.2. The van der Waals surface area contributed by atoms with Gasteiger partial charge >= 0.3 is 0 Å². The molecule has 0 bridgehead atoms. The summed E-state index contributed by atoms with van der Waals surface area (Å²) < 4.78 is 74.8. The molecule has 3 aromatic rings. The van der Waals surface area contributed by atoms with Gasteiger partial charge < -0.3 is 24.2 Å². The van der Waals surface area contributed by atoms with Crippen LogP contribution in [0.3, 0.4) is 0 Å². The lowest BCUT2D eigenvalue weighted by molar-refractivity contribution is -0.00833. The quantitative estimate of drug-likeness (QED) is 0.306. The molecule has 0 aromatic heterocycles. The fraction of sp³-hybridized carbons (Fsp3) is 0.457. The maximum absolute atomic E-state index is 14.4. The Morgan fingerprint density at radius 1 is 1.00 bits per heavy atom. The Morgan fingerprint density at radius 3 is 2.35 bits per heavy atom. The zero-order chi connectivity index (χ0) is 35.8. The van der Waals surface area contributed by atoms with Crippen molar-refractivity contribution in [3.8, 4) is 11.5 Å². The van der Waals surface area contributed by atoms with E-state index in [4.69, 9.17) is 14.2 Å². The van der Waals surface area contributed by atoms with Crippen molar-refractivity contribution < 1.29 is 40.9 Å². The highest BCUT2D eigenvalue weighted by Crippen LogP contribution is 2.30. The fourth-order valence-electron chi connectivity index (χ4n) is 5.54. The lowest BCUT2D eigenvalue weighted by Gasteiger charge is -2.35. The van der Waals surface area contributed by atoms with Crippen LogP contribution in [0.1, 0.15) is 50.4 Å². The number of ether oxygens (including phenoxy) is 3. The van der Waals surface area contributed by atoms with Crippen LogP contribution in [-0.2, 0) is 24.8 Å². The second-order valence-electron chi connectivity index (χ2n) is 12.4. The first-order valence-electron chi connectivity index (χ1n) is 16.3. The van der Waals surface area contributed by atoms with Crippen LogP contribution in [0, 0.1) is 5.92 Å². The van der Waals surface area contributed by atoms with Crippen molar-refractivity contribution in [3.05, 3.63) is 78.4 Å². The van der Waals surface area contributed by atoms with Gasteiger partial charge in [0.25, 0.3) is 15.9 Å². The zero-order valence-electron chi connectivity index (χ0n) is 28.6. The van der Waals surface area contributed by atoms with Gasteiger partial charge in [-0.25, -0.2) is 16.8 Å². The Balaban J connectivity index is 1.66. The van der Waals surface area contributed by atoms with Gasteiger partial charge in [0.1, 0.15) is 11.5 Å². The summed E-state index contributed by atoms with van der Waals surface area (Å²) in [6.07, 6.45) is 1.24. The molecule has 14 heteroatoms. The van der Waals surface area contributed by atoms with Gasteiger partial charge in [-0.2, -0.15) is 4.31 Å². The van der Waals surface area contributed by atoms with Crippen molar-refractivity contribution in [3.63, 3.8) is 0 Å². The number of carbonyl (C=O) groups is 1. The molecule has 0 saturated heterocycles. The minimum Gasteiger partial charge on any atom is -0.497 e. The minimum absolute atomic E-state index is 0.0204. The van der Waals surface area contributed by atoms with E-state index in [1.807, 2.05) is 13.8 Å². The molecule has 1 heterocycles. The van der Waals surface area contributed by atoms with Crippen LogP contribution >= 0.6 is 0 Å². The maximum Gasteiger partial charge on any atom is 0.261 e. The van der Waals surface area contributed by atoms with Crippen molar-refractivity contribution >= 4 is 31.6 Å². The first kappa shape index (κ1) is 38.1. The standard InChI is InChI=1S/C35H47N3O9S2/c1-25-22-38(26(2)24-39)35(40)32-21-28(36-48(41,42)30-12-7-6-8-13-30)14-19-33(32)47-27(3)11-9-10-20-46-34(25)23-37(4)49(43,44)31-17-15-29(45-5)16-18-31/h6-8,12-19,21,25-27,34,36,39H,9-11,20,22-24H2,1-5H3/t25-,26-,27+,34-/m0/s1. The highest BCUT2D eigenvalue weighted by molar-refractivity contribution is 7.92. The van der Waals surface area contributed by atoms with Crippen LogP contribution in [0.5, 0.6) is 11.5 Å². The van der Waals surface area contributed by atoms with Gasteiger partial charge in [-0.3, -0.25) is 9.52 Å². The average molecular weight is 718 g/mol. The number of sulfonamides is 2. The number of likely N-dealkylation sites (N-methyl/N-ethyl adjacent to an activating group) is 1. The predicted molar refractivity (Wildman–Crippen MR) is 187 cm³/mol. The molecule has 12 nitrogen and oxygen atoms in total. The number of hydrogen-bond donors (Lipinski definition) is 2. The summed E-state index contributed by atoms with van der Waals surface area (Å²) in [4.78, 5) is 16.0. The number of hydrogen-bond acceptors (Lipinski definition) is 9. The largest absolute Gasteiger partial charge is 0.497 e. The number of nitrogens with one attached hydrogen (secondary N) is 1. The molecule has 49 heavy (non-hydrogen) atoms. The average Bonchev–Trinajstić information content (AvgIpc) is 3.09. The topological polar surface area (TPSA) is 152 Å². The number of fused-ring (bicyclic) bond motifs is 1. The number of amides is 1. The number of aliphatic hydroxyl groups is 1. The predicted octanol–water partition coefficient (Wildman–Crippen LogP) is 4.61. The molecule has 1 aliphatic rings. The molecule has 0 saturated carbocycles. The van der Waals surface area contributed by atoms with Crippen molar-refractivity contribution in [2.45, 2.75) is 68.1 Å². The molecule has 0 unspecified atom stereocenters. The first-order chi connectivity index (χ1) is 23.3. The normalized spacial score (nSPS) is 20.5. The van der Waals surface area contributed by atoms with Gasteiger partial charge in [0.15, 0.2) is 0 Å². The van der Waals surface area contributed by atoms with Gasteiger partial charge in [0.2, 0.25) is 10.0 Å². The van der Waals surface area contributed by atoms with E-state index in [0.717, 1.165) is 6.42 Å². The van der Waals surface area contributed by atoms with E-state index < -0.39 is 38.1 Å². The lowest BCUT2D eigenvalue weighted by atomic mass is 10.0. The fourth-order valence-corrected chi connectivity index (χ4v) is 7.80. The van der Waals surface area contributed by atoms with Crippen LogP contribution in [0.4, 0.5) is 5.69 Å². The Hall–Kier alpha value is -3.69. The minimum atomic E-state index is -3.95. The maximum atomic E-state index is 14.4. The summed E-state index contributed by atoms with van der Waals surface area (Å²) in [7, 11) is -4.82. The summed E-state index contributed by atoms with van der Waals surface area (Å²) in [5.74, 6) is -0.0312. The number of rotatable bonds is 10. The molecule has 0 spiro atoms. The summed E-state index contributed by atoms with van der Waals surface area (Å²) in [5, 5.41) is 10.2. The van der Waals surface area contributed by atoms with Crippen molar-refractivity contribution in [2.24, 2.45) is 5.92 Å². The smallest absolute Gasteiger partial charge is 0.261 e. The van der Waals surface area contributed by atoms with Gasteiger partial charge in [-0.05, 0) is 87.7 Å². The van der Waals surface area contributed by atoms with Crippen LogP contribution in [-0.4, -0.2) is 95.8 Å². The highest BCUT2D eigenvalue weighted by Gasteiger charge is 2.32. The van der Waals surface area contributed by atoms with E-state index in [1.54, 1.807) is 49.4 Å². The van der Waals surface area contributed by atoms with Gasteiger partial charge in [0, 0.05) is 38.3 Å². The Morgan fingerprint density at radius 2 is 1.69 bits per heavy atom. The summed E-state index contributed by atoms with van der Waals surface area (Å²) >= 11 is 0. The van der Waals surface area contributed by atoms with E-state index in [-0.39, 0.29) is 58.5 Å². The Labute approximate surface area is 290 Å². The summed E-state index contributed by atoms with van der Waals surface area (Å²) in [6.45, 7) is 5.63. The van der Waals surface area contributed by atoms with Crippen LogP contribution in [0.2, 0.25) is 0 Å². The molecule has 4 atom stereocenters. The van der Waals surface area contributed by atoms with Crippen molar-refractivity contribution in [2.75, 3.05) is 45.2 Å². The SMILES string of the molecule is COc1ccc(S(=O)(=O)N(C)C[C@@H]2OCCCC[C@@H](C)Oc3ccc(NS(=O)(=O)c4ccccc4)cc3C(=O)N([C@@H](C)CO)C[C@@H]2C)cc1. The third kappa shape index (κ3) is 9.73. The second kappa shape index (κ2) is 16.8. The second-order valence-corrected chi connectivity index (χ2v) is 16.1. The van der Waals surface area contributed by atoms with E-state index in [9.17, 15) is 26.7 Å². The molecule has 0 aliphatic carbocycles. The monoisotopic (exact) mass is 717 g/mol. The van der Waals surface area contributed by atoms with Crippen LogP contribution < -0.4 is 14.2 Å². The number of nitrogens with zero attached hydrogens (tertiary/aromatic N) is 2. The molecule has 3 aromatic carbocycles. The van der Waals surface area contributed by atoms with E-state index in [1.165, 1.54) is 53.7 Å². The Bertz CT molecular complexity index is 1750. The molecule has 1 amide bonds. The number of methoxy groups -OCH3 is 1. The molecule has 268 valence electrons. The third-order valence-electron chi connectivity index (χ3n) is 8.56. The number of anilines is 1. The number of carbonyl (C=O) groups excluding carboxylic acids is 1. The lowest BCUT2D eigenvalue weighted by Crippen LogP contribution is -2.48. The Kier molecular flexibility index (Phi) is 13.1. The zero-order valence-corrected chi connectivity index (χ0v) is 30.2. The number of benzene rings is 3. The van der Waals surface area contributed by atoms with Crippen LogP contribution in [0.25, 0.3) is 0 Å². The summed E-state index contributed by atoms with van der Waals surface area (Å²) in [5.41, 5.74) is 0.297. The molecular weight excluding hydrogens is 671 g/mol. The van der Waals surface area contributed by atoms with Gasteiger partial charge in [-0.15, -0.1) is 0 Å². The van der Waals surface area contributed by atoms with Gasteiger partial charge in [-0.1, -0.05) is 25.1 Å². The van der Waals surface area contributed by atoms with E-state index in [0.29, 0.717) is 25.2 Å². The van der Waals surface area contributed by atoms with E-state index in [2.05, 4.69) is 4.72 Å². The van der Waals surface area contributed by atoms with Gasteiger partial charge in [0.05, 0.1) is 47.3 Å². The third-order valence-corrected chi connectivity index (χ3v) is 11.8. The van der Waals surface area contributed by atoms with E-state index >= 15 is 0 Å². The molecule has 4 rings (SSSR count). The summed E-state index contributed by atoms with van der Waals surface area (Å²) in [6, 6.07) is 18.0. The number of aliphatic hydroxyl groups excluding tert-OH is 1. The molecule has 0 fully saturated rings. The molecule has 1 aliphatic heterocycles. The van der Waals surface area contributed by atoms with Crippen molar-refractivity contribution in [1.29, 1.82) is 0 Å². The van der Waals surface area contributed by atoms with Crippen LogP contribution in [0.15, 0.2) is 82.6 Å². The van der Waals surface area contributed by atoms with Crippen molar-refractivity contribution in [1.82, 2.24) is 9.21 Å². The molecule has 2 N–H and O–H groups in total. The molecular formula is C35H47N3O9S2. The highest BCUT2D eigenvalue weighted by atomic mass is 32.2. The molecule has 0 radical (unpaired) electrons.